The molecule has 2 aromatic carbocycles. The highest BCUT2D eigenvalue weighted by atomic mass is 32.2. The molecular weight excluding hydrogens is 392 g/mol. The summed E-state index contributed by atoms with van der Waals surface area (Å²) < 4.78 is 34.0. The minimum Gasteiger partial charge on any atom is -0.490 e. The molecule has 8 heteroatoms. The van der Waals surface area contributed by atoms with Gasteiger partial charge in [-0.05, 0) is 55.2 Å². The quantitative estimate of drug-likeness (QED) is 0.581. The van der Waals surface area contributed by atoms with Crippen LogP contribution in [0.5, 0.6) is 11.5 Å². The van der Waals surface area contributed by atoms with Crippen LogP contribution in [0.4, 0.5) is 0 Å². The average molecular weight is 421 g/mol. The van der Waals surface area contributed by atoms with E-state index in [9.17, 15) is 13.2 Å². The molecule has 0 fully saturated rings. The molecule has 0 heterocycles. The monoisotopic (exact) mass is 420 g/mol. The van der Waals surface area contributed by atoms with E-state index in [2.05, 4.69) is 5.32 Å². The first-order chi connectivity index (χ1) is 13.8. The minimum atomic E-state index is -3.70. The second-order valence-electron chi connectivity index (χ2n) is 6.55. The average Bonchev–Trinajstić information content (AvgIpc) is 2.70. The zero-order valence-electron chi connectivity index (χ0n) is 16.8. The van der Waals surface area contributed by atoms with Crippen LogP contribution in [-0.4, -0.2) is 34.1 Å². The number of carbonyl (C=O) groups is 1. The molecule has 3 N–H and O–H groups in total. The minimum absolute atomic E-state index is 0.0651. The lowest BCUT2D eigenvalue weighted by molar-refractivity contribution is 0.0953. The number of hydrogen-bond donors (Lipinski definition) is 2. The van der Waals surface area contributed by atoms with Gasteiger partial charge in [-0.2, -0.15) is 0 Å². The Kier molecular flexibility index (Phi) is 8.48. The van der Waals surface area contributed by atoms with Crippen molar-refractivity contribution in [2.45, 2.75) is 38.0 Å². The van der Waals surface area contributed by atoms with E-state index in [1.54, 1.807) is 30.3 Å². The summed E-state index contributed by atoms with van der Waals surface area (Å²) in [6.45, 7) is 5.57. The van der Waals surface area contributed by atoms with Gasteiger partial charge in [0.1, 0.15) is 0 Å². The molecule has 0 atom stereocenters. The molecule has 0 aromatic heterocycles. The number of nitrogens with two attached hydrogens (primary N) is 1. The number of nitrogens with one attached hydrogen (secondary N) is 1. The molecular formula is C21H28N2O5S. The van der Waals surface area contributed by atoms with Crippen molar-refractivity contribution in [3.63, 3.8) is 0 Å². The van der Waals surface area contributed by atoms with Gasteiger partial charge in [-0.15, -0.1) is 0 Å². The normalized spacial score (nSPS) is 11.1. The second kappa shape index (κ2) is 10.8. The van der Waals surface area contributed by atoms with E-state index in [4.69, 9.17) is 14.6 Å². The van der Waals surface area contributed by atoms with Crippen molar-refractivity contribution < 1.29 is 22.7 Å². The van der Waals surface area contributed by atoms with Gasteiger partial charge in [-0.1, -0.05) is 26.0 Å². The fraction of sp³-hybridized carbons (Fsp3) is 0.381. The van der Waals surface area contributed by atoms with E-state index in [0.29, 0.717) is 43.2 Å². The highest BCUT2D eigenvalue weighted by Crippen LogP contribution is 2.29. The third-order valence-electron chi connectivity index (χ3n) is 4.08. The third kappa shape index (κ3) is 7.07. The maximum atomic E-state index is 12.5. The largest absolute Gasteiger partial charge is 0.490 e. The molecule has 29 heavy (non-hydrogen) atoms. The summed E-state index contributed by atoms with van der Waals surface area (Å²) in [6.07, 6.45) is 2.30. The number of benzene rings is 2. The first kappa shape index (κ1) is 22.7. The number of hydrogen-bond acceptors (Lipinski definition) is 5. The van der Waals surface area contributed by atoms with Crippen LogP contribution in [0, 0.1) is 0 Å². The Morgan fingerprint density at radius 3 is 2.17 bits per heavy atom. The summed E-state index contributed by atoms with van der Waals surface area (Å²) >= 11 is 0. The van der Waals surface area contributed by atoms with Gasteiger partial charge in [0, 0.05) is 12.1 Å². The van der Waals surface area contributed by atoms with Gasteiger partial charge in [0.05, 0.1) is 18.1 Å². The summed E-state index contributed by atoms with van der Waals surface area (Å²) in [5, 5.41) is 7.95. The Labute approximate surface area is 172 Å². The lowest BCUT2D eigenvalue weighted by Gasteiger charge is -2.13. The lowest BCUT2D eigenvalue weighted by Crippen LogP contribution is -2.25. The van der Waals surface area contributed by atoms with E-state index in [1.807, 2.05) is 13.8 Å². The predicted molar refractivity (Wildman–Crippen MR) is 112 cm³/mol. The molecule has 0 aliphatic heterocycles. The number of ether oxygens (including phenoxy) is 2. The van der Waals surface area contributed by atoms with Gasteiger partial charge in [0.2, 0.25) is 10.0 Å². The number of carbonyl (C=O) groups excluding carboxylic acids is 1. The number of primary sulfonamides is 1. The van der Waals surface area contributed by atoms with Crippen LogP contribution in [0.15, 0.2) is 47.4 Å². The molecule has 0 aliphatic rings. The number of sulfonamides is 1. The number of rotatable bonds is 11. The standard InChI is InChI=1S/C21H28N2O5S/c1-3-13-27-19-10-7-17(15-20(19)28-14-4-2)21(24)23-12-11-16-5-8-18(9-6-16)29(22,25)26/h5-10,15H,3-4,11-14H2,1-2H3,(H,23,24)(H2,22,25,26). The molecule has 7 nitrogen and oxygen atoms in total. The predicted octanol–water partition coefficient (Wildman–Crippen LogP) is 2.88. The van der Waals surface area contributed by atoms with E-state index >= 15 is 0 Å². The first-order valence-electron chi connectivity index (χ1n) is 9.64. The van der Waals surface area contributed by atoms with Crippen LogP contribution in [0.25, 0.3) is 0 Å². The van der Waals surface area contributed by atoms with Gasteiger partial charge in [-0.3, -0.25) is 4.79 Å². The van der Waals surface area contributed by atoms with E-state index in [1.165, 1.54) is 12.1 Å². The third-order valence-corrected chi connectivity index (χ3v) is 5.01. The summed E-state index contributed by atoms with van der Waals surface area (Å²) in [7, 11) is -3.70. The summed E-state index contributed by atoms with van der Waals surface area (Å²) in [6, 6.07) is 11.4. The van der Waals surface area contributed by atoms with Crippen LogP contribution in [0.1, 0.15) is 42.6 Å². The smallest absolute Gasteiger partial charge is 0.251 e. The van der Waals surface area contributed by atoms with Gasteiger partial charge >= 0.3 is 0 Å². The molecule has 0 saturated heterocycles. The molecule has 0 spiro atoms. The van der Waals surface area contributed by atoms with Crippen molar-refractivity contribution in [1.82, 2.24) is 5.32 Å². The van der Waals surface area contributed by atoms with Crippen LogP contribution in [0.2, 0.25) is 0 Å². The van der Waals surface area contributed by atoms with Crippen molar-refractivity contribution in [3.05, 3.63) is 53.6 Å². The van der Waals surface area contributed by atoms with E-state index < -0.39 is 10.0 Å². The summed E-state index contributed by atoms with van der Waals surface area (Å²) in [5.74, 6) is 0.980. The van der Waals surface area contributed by atoms with Crippen molar-refractivity contribution >= 4 is 15.9 Å². The fourth-order valence-electron chi connectivity index (χ4n) is 2.57. The number of amides is 1. The summed E-state index contributed by atoms with van der Waals surface area (Å²) in [4.78, 5) is 12.5. The molecule has 2 aromatic rings. The molecule has 0 saturated carbocycles. The highest BCUT2D eigenvalue weighted by molar-refractivity contribution is 7.89. The molecule has 1 amide bonds. The lowest BCUT2D eigenvalue weighted by atomic mass is 10.1. The van der Waals surface area contributed by atoms with Crippen molar-refractivity contribution in [2.24, 2.45) is 5.14 Å². The zero-order valence-corrected chi connectivity index (χ0v) is 17.6. The topological polar surface area (TPSA) is 108 Å². The Morgan fingerprint density at radius 2 is 1.59 bits per heavy atom. The Bertz CT molecular complexity index is 911. The maximum absolute atomic E-state index is 12.5. The fourth-order valence-corrected chi connectivity index (χ4v) is 3.09. The zero-order chi connectivity index (χ0) is 21.3. The maximum Gasteiger partial charge on any atom is 0.251 e. The van der Waals surface area contributed by atoms with Crippen LogP contribution >= 0.6 is 0 Å². The van der Waals surface area contributed by atoms with Gasteiger partial charge in [-0.25, -0.2) is 13.6 Å². The van der Waals surface area contributed by atoms with E-state index in [-0.39, 0.29) is 10.8 Å². The van der Waals surface area contributed by atoms with Crippen LogP contribution < -0.4 is 19.9 Å². The highest BCUT2D eigenvalue weighted by Gasteiger charge is 2.12. The van der Waals surface area contributed by atoms with Gasteiger partial charge in [0.25, 0.3) is 5.91 Å². The molecule has 0 unspecified atom stereocenters. The first-order valence-corrected chi connectivity index (χ1v) is 11.2. The van der Waals surface area contributed by atoms with Gasteiger partial charge < -0.3 is 14.8 Å². The van der Waals surface area contributed by atoms with Crippen molar-refractivity contribution in [1.29, 1.82) is 0 Å². The Balaban J connectivity index is 1.97. The van der Waals surface area contributed by atoms with Crippen molar-refractivity contribution in [3.8, 4) is 11.5 Å². The molecule has 0 radical (unpaired) electrons. The van der Waals surface area contributed by atoms with Crippen LogP contribution in [0.3, 0.4) is 0 Å². The molecule has 2 rings (SSSR count). The molecule has 0 bridgehead atoms. The second-order valence-corrected chi connectivity index (χ2v) is 8.11. The van der Waals surface area contributed by atoms with Crippen molar-refractivity contribution in [2.75, 3.05) is 19.8 Å². The van der Waals surface area contributed by atoms with Crippen LogP contribution in [-0.2, 0) is 16.4 Å². The molecule has 158 valence electrons. The Morgan fingerprint density at radius 1 is 0.966 bits per heavy atom. The Hall–Kier alpha value is -2.58. The summed E-state index contributed by atoms with van der Waals surface area (Å²) in [5.41, 5.74) is 1.39. The SMILES string of the molecule is CCCOc1ccc(C(=O)NCCc2ccc(S(N)(=O)=O)cc2)cc1OCCC. The van der Waals surface area contributed by atoms with E-state index in [0.717, 1.165) is 18.4 Å². The van der Waals surface area contributed by atoms with Gasteiger partial charge in [0.15, 0.2) is 11.5 Å². The molecule has 0 aliphatic carbocycles.